The van der Waals surface area contributed by atoms with Crippen LogP contribution >= 0.6 is 0 Å². The van der Waals surface area contributed by atoms with E-state index in [1.165, 1.54) is 19.3 Å². The maximum absolute atomic E-state index is 13.0. The summed E-state index contributed by atoms with van der Waals surface area (Å²) in [4.78, 5) is 25.7. The summed E-state index contributed by atoms with van der Waals surface area (Å²) >= 11 is 0. The van der Waals surface area contributed by atoms with E-state index in [4.69, 9.17) is 0 Å². The zero-order chi connectivity index (χ0) is 15.1. The molecule has 0 unspecified atom stereocenters. The van der Waals surface area contributed by atoms with Crippen LogP contribution < -0.4 is 0 Å². The molecule has 4 rings (SSSR count). The lowest BCUT2D eigenvalue weighted by Crippen LogP contribution is -2.23. The molecular weight excluding hydrogens is 272 g/mol. The largest absolute Gasteiger partial charge is 0.289 e. The van der Waals surface area contributed by atoms with Crippen LogP contribution in [0, 0.1) is 0 Å². The van der Waals surface area contributed by atoms with E-state index in [1.54, 1.807) is 18.2 Å². The van der Waals surface area contributed by atoms with Crippen LogP contribution in [0.5, 0.6) is 0 Å². The van der Waals surface area contributed by atoms with Crippen LogP contribution in [0.1, 0.15) is 75.4 Å². The van der Waals surface area contributed by atoms with Crippen LogP contribution in [0.3, 0.4) is 0 Å². The predicted molar refractivity (Wildman–Crippen MR) is 85.6 cm³/mol. The SMILES string of the molecule is O=C1c2ccccc2C(=O)c2c1cccc2C1CCCCC1. The molecule has 1 fully saturated rings. The Bertz CT molecular complexity index is 767. The number of carbonyl (C=O) groups is 2. The Morgan fingerprint density at radius 1 is 0.682 bits per heavy atom. The zero-order valence-electron chi connectivity index (χ0n) is 12.5. The third-order valence-corrected chi connectivity index (χ3v) is 5.03. The van der Waals surface area contributed by atoms with Crippen molar-refractivity contribution in [2.24, 2.45) is 0 Å². The van der Waals surface area contributed by atoms with Gasteiger partial charge in [-0.3, -0.25) is 9.59 Å². The lowest BCUT2D eigenvalue weighted by atomic mass is 9.75. The maximum Gasteiger partial charge on any atom is 0.194 e. The van der Waals surface area contributed by atoms with Gasteiger partial charge < -0.3 is 0 Å². The van der Waals surface area contributed by atoms with Crippen molar-refractivity contribution in [3.8, 4) is 0 Å². The first-order chi connectivity index (χ1) is 10.8. The van der Waals surface area contributed by atoms with Crippen LogP contribution in [0.25, 0.3) is 0 Å². The van der Waals surface area contributed by atoms with Gasteiger partial charge in [-0.15, -0.1) is 0 Å². The molecule has 2 aromatic carbocycles. The first-order valence-electron chi connectivity index (χ1n) is 8.08. The summed E-state index contributed by atoms with van der Waals surface area (Å²) in [6.45, 7) is 0. The highest BCUT2D eigenvalue weighted by molar-refractivity contribution is 6.28. The van der Waals surface area contributed by atoms with Gasteiger partial charge in [0.1, 0.15) is 0 Å². The molecular formula is C20H18O2. The minimum atomic E-state index is -0.0112. The molecule has 0 spiro atoms. The molecule has 0 aliphatic heterocycles. The Hall–Kier alpha value is -2.22. The molecule has 0 N–H and O–H groups in total. The van der Waals surface area contributed by atoms with Crippen molar-refractivity contribution in [3.05, 3.63) is 70.3 Å². The van der Waals surface area contributed by atoms with E-state index in [9.17, 15) is 9.59 Å². The average molecular weight is 290 g/mol. The number of hydrogen-bond donors (Lipinski definition) is 0. The van der Waals surface area contributed by atoms with Gasteiger partial charge in [0.05, 0.1) is 0 Å². The van der Waals surface area contributed by atoms with E-state index >= 15 is 0 Å². The highest BCUT2D eigenvalue weighted by atomic mass is 16.1. The molecule has 0 saturated heterocycles. The van der Waals surface area contributed by atoms with Gasteiger partial charge in [-0.25, -0.2) is 0 Å². The van der Waals surface area contributed by atoms with Crippen molar-refractivity contribution >= 4 is 11.6 Å². The Labute approximate surface area is 130 Å². The van der Waals surface area contributed by atoms with Crippen LogP contribution in [-0.4, -0.2) is 11.6 Å². The minimum absolute atomic E-state index is 0.0112. The van der Waals surface area contributed by atoms with Crippen LogP contribution in [0.4, 0.5) is 0 Å². The summed E-state index contributed by atoms with van der Waals surface area (Å²) in [5.74, 6) is 0.431. The second kappa shape index (κ2) is 5.20. The molecule has 1 saturated carbocycles. The summed E-state index contributed by atoms with van der Waals surface area (Å²) in [6, 6.07) is 13.0. The number of hydrogen-bond acceptors (Lipinski definition) is 2. The van der Waals surface area contributed by atoms with E-state index < -0.39 is 0 Å². The average Bonchev–Trinajstić information content (AvgIpc) is 2.60. The maximum atomic E-state index is 13.0. The number of carbonyl (C=O) groups excluding carboxylic acids is 2. The molecule has 2 nitrogen and oxygen atoms in total. The Balaban J connectivity index is 1.89. The minimum Gasteiger partial charge on any atom is -0.289 e. The molecule has 2 heteroatoms. The van der Waals surface area contributed by atoms with Crippen LogP contribution in [-0.2, 0) is 0 Å². The van der Waals surface area contributed by atoms with Crippen molar-refractivity contribution in [2.75, 3.05) is 0 Å². The summed E-state index contributed by atoms with van der Waals surface area (Å²) in [5, 5.41) is 0. The Morgan fingerprint density at radius 3 is 2.05 bits per heavy atom. The number of benzene rings is 2. The standard InChI is InChI=1S/C20H18O2/c21-19-15-9-4-5-10-16(15)20(22)18-14(11-6-12-17(18)19)13-7-2-1-3-8-13/h4-6,9-13H,1-3,7-8H2. The molecule has 0 bridgehead atoms. The third-order valence-electron chi connectivity index (χ3n) is 5.03. The van der Waals surface area contributed by atoms with E-state index in [0.717, 1.165) is 18.4 Å². The first kappa shape index (κ1) is 13.4. The molecule has 0 heterocycles. The summed E-state index contributed by atoms with van der Waals surface area (Å²) in [6.07, 6.45) is 5.96. The number of fused-ring (bicyclic) bond motifs is 2. The van der Waals surface area contributed by atoms with Crippen molar-refractivity contribution in [1.82, 2.24) is 0 Å². The van der Waals surface area contributed by atoms with Gasteiger partial charge in [0.25, 0.3) is 0 Å². The summed E-state index contributed by atoms with van der Waals surface area (Å²) < 4.78 is 0. The molecule has 22 heavy (non-hydrogen) atoms. The van der Waals surface area contributed by atoms with E-state index in [2.05, 4.69) is 0 Å². The van der Waals surface area contributed by atoms with Gasteiger partial charge in [0.15, 0.2) is 11.6 Å². The van der Waals surface area contributed by atoms with Gasteiger partial charge in [-0.1, -0.05) is 61.7 Å². The van der Waals surface area contributed by atoms with Crippen molar-refractivity contribution in [1.29, 1.82) is 0 Å². The highest BCUT2D eigenvalue weighted by Gasteiger charge is 2.33. The summed E-state index contributed by atoms with van der Waals surface area (Å²) in [7, 11) is 0. The lowest BCUT2D eigenvalue weighted by molar-refractivity contribution is 0.0977. The van der Waals surface area contributed by atoms with Gasteiger partial charge in [-0.05, 0) is 24.3 Å². The van der Waals surface area contributed by atoms with E-state index in [-0.39, 0.29) is 11.6 Å². The molecule has 0 radical (unpaired) electrons. The Morgan fingerprint density at radius 2 is 1.32 bits per heavy atom. The molecule has 2 aliphatic rings. The monoisotopic (exact) mass is 290 g/mol. The van der Waals surface area contributed by atoms with E-state index in [0.29, 0.717) is 28.2 Å². The highest BCUT2D eigenvalue weighted by Crippen LogP contribution is 2.38. The van der Waals surface area contributed by atoms with Crippen LogP contribution in [0.15, 0.2) is 42.5 Å². The quantitative estimate of drug-likeness (QED) is 0.661. The lowest BCUT2D eigenvalue weighted by Gasteiger charge is -2.27. The zero-order valence-corrected chi connectivity index (χ0v) is 12.5. The predicted octanol–water partition coefficient (Wildman–Crippen LogP) is 4.51. The summed E-state index contributed by atoms with van der Waals surface area (Å²) in [5.41, 5.74) is 3.44. The number of ketones is 2. The smallest absolute Gasteiger partial charge is 0.194 e. The second-order valence-electron chi connectivity index (χ2n) is 6.31. The van der Waals surface area contributed by atoms with Crippen molar-refractivity contribution in [2.45, 2.75) is 38.0 Å². The fourth-order valence-corrected chi connectivity index (χ4v) is 3.93. The first-order valence-corrected chi connectivity index (χ1v) is 8.08. The second-order valence-corrected chi connectivity index (χ2v) is 6.31. The molecule has 2 aromatic rings. The third kappa shape index (κ3) is 1.94. The molecule has 0 aromatic heterocycles. The van der Waals surface area contributed by atoms with Gasteiger partial charge in [0, 0.05) is 22.3 Å². The molecule has 0 atom stereocenters. The molecule has 2 aliphatic carbocycles. The van der Waals surface area contributed by atoms with Gasteiger partial charge in [-0.2, -0.15) is 0 Å². The number of rotatable bonds is 1. The van der Waals surface area contributed by atoms with Crippen molar-refractivity contribution in [3.63, 3.8) is 0 Å². The fourth-order valence-electron chi connectivity index (χ4n) is 3.93. The van der Waals surface area contributed by atoms with E-state index in [1.807, 2.05) is 24.3 Å². The molecule has 0 amide bonds. The molecule has 110 valence electrons. The van der Waals surface area contributed by atoms with Crippen molar-refractivity contribution < 1.29 is 9.59 Å². The normalized spacial score (nSPS) is 18.0. The van der Waals surface area contributed by atoms with Gasteiger partial charge >= 0.3 is 0 Å². The fraction of sp³-hybridized carbons (Fsp3) is 0.300. The van der Waals surface area contributed by atoms with Gasteiger partial charge in [0.2, 0.25) is 0 Å². The topological polar surface area (TPSA) is 34.1 Å². The Kier molecular flexibility index (Phi) is 3.18. The van der Waals surface area contributed by atoms with Crippen LogP contribution in [0.2, 0.25) is 0 Å².